The van der Waals surface area contributed by atoms with Crippen molar-refractivity contribution in [1.29, 1.82) is 0 Å². The summed E-state index contributed by atoms with van der Waals surface area (Å²) in [6.45, 7) is 8.13. The molecule has 1 aromatic carbocycles. The third-order valence-corrected chi connectivity index (χ3v) is 7.17. The van der Waals surface area contributed by atoms with Crippen LogP contribution >= 0.6 is 23.1 Å². The van der Waals surface area contributed by atoms with Crippen molar-refractivity contribution < 1.29 is 4.79 Å². The van der Waals surface area contributed by atoms with Gasteiger partial charge in [0, 0.05) is 22.0 Å². The van der Waals surface area contributed by atoms with Crippen LogP contribution in [0.2, 0.25) is 0 Å². The lowest BCUT2D eigenvalue weighted by Crippen LogP contribution is -2.31. The van der Waals surface area contributed by atoms with Gasteiger partial charge in [0.05, 0.1) is 5.57 Å². The van der Waals surface area contributed by atoms with Crippen molar-refractivity contribution >= 4 is 40.6 Å². The van der Waals surface area contributed by atoms with Gasteiger partial charge in [-0.1, -0.05) is 36.9 Å². The number of benzene rings is 1. The monoisotopic (exact) mass is 439 g/mol. The summed E-state index contributed by atoms with van der Waals surface area (Å²) in [5.41, 5.74) is 4.44. The third kappa shape index (κ3) is 3.89. The molecule has 1 unspecified atom stereocenters. The number of carbonyl (C=O) groups is 1. The van der Waals surface area contributed by atoms with Gasteiger partial charge in [-0.15, -0.1) is 16.4 Å². The van der Waals surface area contributed by atoms with Gasteiger partial charge in [-0.25, -0.2) is 4.68 Å². The molecule has 1 atom stereocenters. The standard InChI is InChI=1S/C22H25N5OS2/c1-5-11-30-22-25-21-23-15(4)17(20(28)24-16-9-7-6-8-13(16)2)18(27(21)26-22)19-14(3)10-12-29-19/h6-10,12,18H,5,11H2,1-4H3,(H,24,28)(H,23,25,26). The van der Waals surface area contributed by atoms with Gasteiger partial charge in [0.25, 0.3) is 5.91 Å². The van der Waals surface area contributed by atoms with Gasteiger partial charge in [0.2, 0.25) is 11.1 Å². The largest absolute Gasteiger partial charge is 0.328 e. The summed E-state index contributed by atoms with van der Waals surface area (Å²) in [4.78, 5) is 19.2. The molecule has 4 rings (SSSR count). The van der Waals surface area contributed by atoms with E-state index in [0.717, 1.165) is 44.7 Å². The van der Waals surface area contributed by atoms with Crippen LogP contribution in [0.25, 0.3) is 0 Å². The molecular weight excluding hydrogens is 414 g/mol. The Morgan fingerprint density at radius 3 is 2.73 bits per heavy atom. The summed E-state index contributed by atoms with van der Waals surface area (Å²) in [7, 11) is 0. The first-order valence-electron chi connectivity index (χ1n) is 9.97. The first-order chi connectivity index (χ1) is 14.5. The second-order valence-corrected chi connectivity index (χ2v) is 9.32. The number of thioether (sulfide) groups is 1. The molecule has 1 amide bonds. The zero-order valence-electron chi connectivity index (χ0n) is 17.5. The van der Waals surface area contributed by atoms with Crippen LogP contribution in [0.5, 0.6) is 0 Å². The summed E-state index contributed by atoms with van der Waals surface area (Å²) in [6.07, 6.45) is 1.05. The van der Waals surface area contributed by atoms with Crippen LogP contribution in [0.3, 0.4) is 0 Å². The normalized spacial score (nSPS) is 15.7. The molecule has 3 heterocycles. The van der Waals surface area contributed by atoms with E-state index in [1.165, 1.54) is 0 Å². The van der Waals surface area contributed by atoms with E-state index in [0.29, 0.717) is 11.5 Å². The number of hydrogen-bond acceptors (Lipinski definition) is 6. The van der Waals surface area contributed by atoms with E-state index in [1.54, 1.807) is 23.1 Å². The zero-order chi connectivity index (χ0) is 21.3. The van der Waals surface area contributed by atoms with Crippen LogP contribution in [0.15, 0.2) is 52.1 Å². The van der Waals surface area contributed by atoms with Gasteiger partial charge in [-0.2, -0.15) is 4.98 Å². The number of thiophene rings is 1. The minimum atomic E-state index is -0.311. The van der Waals surface area contributed by atoms with Crippen molar-refractivity contribution in [3.8, 4) is 0 Å². The quantitative estimate of drug-likeness (QED) is 0.504. The lowest BCUT2D eigenvalue weighted by Gasteiger charge is -2.28. The van der Waals surface area contributed by atoms with Crippen molar-refractivity contribution in [3.05, 3.63) is 63.0 Å². The van der Waals surface area contributed by atoms with Crippen LogP contribution in [-0.2, 0) is 4.79 Å². The number of fused-ring (bicyclic) bond motifs is 1. The average Bonchev–Trinajstić information content (AvgIpc) is 3.32. The number of rotatable bonds is 6. The van der Waals surface area contributed by atoms with E-state index in [1.807, 2.05) is 42.8 Å². The number of aryl methyl sites for hydroxylation is 2. The molecule has 1 aliphatic heterocycles. The molecule has 0 radical (unpaired) electrons. The molecule has 2 aromatic heterocycles. The van der Waals surface area contributed by atoms with E-state index in [-0.39, 0.29) is 11.9 Å². The van der Waals surface area contributed by atoms with Gasteiger partial charge in [-0.05, 0) is 55.8 Å². The fourth-order valence-electron chi connectivity index (χ4n) is 3.49. The topological polar surface area (TPSA) is 71.8 Å². The molecule has 8 heteroatoms. The van der Waals surface area contributed by atoms with Crippen LogP contribution < -0.4 is 10.6 Å². The maximum Gasteiger partial charge on any atom is 0.255 e. The first kappa shape index (κ1) is 20.7. The summed E-state index contributed by atoms with van der Waals surface area (Å²) in [5, 5.41) is 13.9. The Morgan fingerprint density at radius 1 is 1.23 bits per heavy atom. The first-order valence-corrected chi connectivity index (χ1v) is 11.8. The highest BCUT2D eigenvalue weighted by Crippen LogP contribution is 2.40. The van der Waals surface area contributed by atoms with Gasteiger partial charge in [-0.3, -0.25) is 4.79 Å². The fourth-order valence-corrected chi connectivity index (χ4v) is 5.19. The van der Waals surface area contributed by atoms with E-state index in [2.05, 4.69) is 40.9 Å². The van der Waals surface area contributed by atoms with Crippen molar-refractivity contribution in [2.24, 2.45) is 0 Å². The second-order valence-electron chi connectivity index (χ2n) is 7.31. The molecule has 6 nitrogen and oxygen atoms in total. The molecule has 2 N–H and O–H groups in total. The average molecular weight is 440 g/mol. The van der Waals surface area contributed by atoms with Crippen molar-refractivity contribution in [2.45, 2.75) is 45.3 Å². The van der Waals surface area contributed by atoms with Gasteiger partial charge >= 0.3 is 0 Å². The third-order valence-electron chi connectivity index (χ3n) is 5.06. The summed E-state index contributed by atoms with van der Waals surface area (Å²) in [6, 6.07) is 9.57. The molecule has 0 bridgehead atoms. The number of amides is 1. The molecule has 30 heavy (non-hydrogen) atoms. The summed E-state index contributed by atoms with van der Waals surface area (Å²) >= 11 is 3.28. The minimum absolute atomic E-state index is 0.129. The number of para-hydroxylation sites is 1. The van der Waals surface area contributed by atoms with E-state index >= 15 is 0 Å². The Hall–Kier alpha value is -2.58. The number of carbonyl (C=O) groups excluding carboxylic acids is 1. The molecular formula is C22H25N5OS2. The second kappa shape index (κ2) is 8.65. The number of nitrogens with zero attached hydrogens (tertiary/aromatic N) is 3. The highest BCUT2D eigenvalue weighted by Gasteiger charge is 2.35. The Balaban J connectivity index is 1.76. The van der Waals surface area contributed by atoms with Crippen LogP contribution in [0.1, 0.15) is 42.3 Å². The lowest BCUT2D eigenvalue weighted by atomic mass is 9.98. The Kier molecular flexibility index (Phi) is 5.97. The van der Waals surface area contributed by atoms with Crippen LogP contribution in [0.4, 0.5) is 11.6 Å². The SMILES string of the molecule is CCCSc1nc2n(n1)C(c1sccc1C)C(C(=O)Nc1ccccc1C)=C(C)N2. The predicted octanol–water partition coefficient (Wildman–Crippen LogP) is 5.39. The fraction of sp³-hybridized carbons (Fsp3) is 0.318. The molecule has 1 aliphatic rings. The molecule has 0 aliphatic carbocycles. The Morgan fingerprint density at radius 2 is 2.03 bits per heavy atom. The number of anilines is 2. The molecule has 0 saturated carbocycles. The minimum Gasteiger partial charge on any atom is -0.328 e. The van der Waals surface area contributed by atoms with Gasteiger partial charge in [0.15, 0.2) is 0 Å². The number of hydrogen-bond donors (Lipinski definition) is 2. The van der Waals surface area contributed by atoms with E-state index < -0.39 is 0 Å². The zero-order valence-corrected chi connectivity index (χ0v) is 19.2. The lowest BCUT2D eigenvalue weighted by molar-refractivity contribution is -0.113. The Bertz CT molecular complexity index is 1110. The van der Waals surface area contributed by atoms with Crippen LogP contribution in [-0.4, -0.2) is 26.4 Å². The van der Waals surface area contributed by atoms with E-state index in [4.69, 9.17) is 5.10 Å². The van der Waals surface area contributed by atoms with Crippen molar-refractivity contribution in [1.82, 2.24) is 14.8 Å². The van der Waals surface area contributed by atoms with Crippen LogP contribution in [0, 0.1) is 13.8 Å². The van der Waals surface area contributed by atoms with Gasteiger partial charge in [0.1, 0.15) is 6.04 Å². The summed E-state index contributed by atoms with van der Waals surface area (Å²) < 4.78 is 1.86. The predicted molar refractivity (Wildman–Crippen MR) is 124 cm³/mol. The highest BCUT2D eigenvalue weighted by molar-refractivity contribution is 7.99. The molecule has 3 aromatic rings. The summed E-state index contributed by atoms with van der Waals surface area (Å²) in [5.74, 6) is 1.51. The number of nitrogens with one attached hydrogen (secondary N) is 2. The van der Waals surface area contributed by atoms with E-state index in [9.17, 15) is 4.79 Å². The maximum absolute atomic E-state index is 13.5. The van der Waals surface area contributed by atoms with Crippen molar-refractivity contribution in [2.75, 3.05) is 16.4 Å². The molecule has 0 saturated heterocycles. The molecule has 0 spiro atoms. The van der Waals surface area contributed by atoms with Crippen molar-refractivity contribution in [3.63, 3.8) is 0 Å². The smallest absolute Gasteiger partial charge is 0.255 e. The number of aromatic nitrogens is 3. The Labute approximate surface area is 184 Å². The maximum atomic E-state index is 13.5. The molecule has 156 valence electrons. The highest BCUT2D eigenvalue weighted by atomic mass is 32.2. The molecule has 0 fully saturated rings. The van der Waals surface area contributed by atoms with Gasteiger partial charge < -0.3 is 10.6 Å². The number of allylic oxidation sites excluding steroid dienone is 1.